The van der Waals surface area contributed by atoms with E-state index >= 15 is 0 Å². The second-order valence-corrected chi connectivity index (χ2v) is 4.83. The van der Waals surface area contributed by atoms with Crippen LogP contribution in [0, 0.1) is 11.3 Å². The van der Waals surface area contributed by atoms with Crippen LogP contribution in [0.4, 0.5) is 0 Å². The summed E-state index contributed by atoms with van der Waals surface area (Å²) >= 11 is 0. The van der Waals surface area contributed by atoms with Crippen molar-refractivity contribution in [3.8, 4) is 0 Å². The molecule has 1 aliphatic rings. The number of oxime groups is 1. The minimum Gasteiger partial charge on any atom is -0.411 e. The highest BCUT2D eigenvalue weighted by Gasteiger charge is 2.28. The summed E-state index contributed by atoms with van der Waals surface area (Å²) in [5.41, 5.74) is 1.34. The van der Waals surface area contributed by atoms with E-state index in [1.807, 2.05) is 0 Å². The Morgan fingerprint density at radius 1 is 1.42 bits per heavy atom. The molecule has 0 saturated heterocycles. The van der Waals surface area contributed by atoms with Gasteiger partial charge >= 0.3 is 0 Å². The molecule has 1 rings (SSSR count). The van der Waals surface area contributed by atoms with Crippen LogP contribution >= 0.6 is 0 Å². The monoisotopic (exact) mass is 169 g/mol. The Morgan fingerprint density at radius 2 is 2.08 bits per heavy atom. The molecule has 0 aromatic rings. The minimum absolute atomic E-state index is 0.358. The molecule has 1 atom stereocenters. The van der Waals surface area contributed by atoms with Gasteiger partial charge in [0.15, 0.2) is 0 Å². The molecule has 0 heterocycles. The third kappa shape index (κ3) is 2.23. The molecule has 0 aromatic heterocycles. The third-order valence-electron chi connectivity index (χ3n) is 2.87. The summed E-state index contributed by atoms with van der Waals surface area (Å²) in [5, 5.41) is 12.0. The van der Waals surface area contributed by atoms with Gasteiger partial charge in [-0.25, -0.2) is 0 Å². The van der Waals surface area contributed by atoms with Crippen molar-refractivity contribution >= 4 is 5.71 Å². The Morgan fingerprint density at radius 3 is 2.58 bits per heavy atom. The van der Waals surface area contributed by atoms with E-state index in [0.717, 1.165) is 18.6 Å². The lowest BCUT2D eigenvalue weighted by Gasteiger charge is -2.33. The Balaban J connectivity index is 2.58. The third-order valence-corrected chi connectivity index (χ3v) is 2.87. The van der Waals surface area contributed by atoms with Crippen molar-refractivity contribution < 1.29 is 5.21 Å². The largest absolute Gasteiger partial charge is 0.411 e. The lowest BCUT2D eigenvalue weighted by atomic mass is 9.72. The van der Waals surface area contributed by atoms with Gasteiger partial charge in [-0.1, -0.05) is 25.9 Å². The average molecular weight is 169 g/mol. The Labute approximate surface area is 74.7 Å². The maximum absolute atomic E-state index is 8.66. The summed E-state index contributed by atoms with van der Waals surface area (Å²) < 4.78 is 0. The summed E-state index contributed by atoms with van der Waals surface area (Å²) in [6.45, 7) is 6.79. The molecule has 0 bridgehead atoms. The van der Waals surface area contributed by atoms with E-state index in [-0.39, 0.29) is 0 Å². The topological polar surface area (TPSA) is 32.6 Å². The molecular weight excluding hydrogens is 150 g/mol. The summed E-state index contributed by atoms with van der Waals surface area (Å²) in [7, 11) is 0. The summed E-state index contributed by atoms with van der Waals surface area (Å²) in [4.78, 5) is 0. The lowest BCUT2D eigenvalue weighted by Crippen LogP contribution is -2.26. The molecule has 12 heavy (non-hydrogen) atoms. The van der Waals surface area contributed by atoms with Gasteiger partial charge in [0.25, 0.3) is 0 Å². The van der Waals surface area contributed by atoms with Crippen LogP contribution in [-0.2, 0) is 0 Å². The molecule has 1 aliphatic carbocycles. The zero-order valence-corrected chi connectivity index (χ0v) is 8.30. The van der Waals surface area contributed by atoms with E-state index < -0.39 is 0 Å². The van der Waals surface area contributed by atoms with E-state index in [0.29, 0.717) is 11.3 Å². The van der Waals surface area contributed by atoms with Gasteiger partial charge < -0.3 is 5.21 Å². The van der Waals surface area contributed by atoms with Gasteiger partial charge in [0.1, 0.15) is 0 Å². The van der Waals surface area contributed by atoms with Gasteiger partial charge in [-0.2, -0.15) is 0 Å². The quantitative estimate of drug-likeness (QED) is 0.438. The fraction of sp³-hybridized carbons (Fsp3) is 0.900. The van der Waals surface area contributed by atoms with Gasteiger partial charge in [0, 0.05) is 0 Å². The first-order valence-corrected chi connectivity index (χ1v) is 4.74. The van der Waals surface area contributed by atoms with Crippen LogP contribution in [0.2, 0.25) is 0 Å². The molecule has 0 aromatic carbocycles. The summed E-state index contributed by atoms with van der Waals surface area (Å²) in [6.07, 6.45) is 4.44. The standard InChI is InChI=1S/C10H19NO/c1-10(2,3)8-5-4-6-9(7-8)11-12/h8,12H,4-7H2,1-3H3/b11-9+. The van der Waals surface area contributed by atoms with Gasteiger partial charge in [0.05, 0.1) is 5.71 Å². The van der Waals surface area contributed by atoms with Crippen LogP contribution in [-0.4, -0.2) is 10.9 Å². The molecule has 2 heteroatoms. The highest BCUT2D eigenvalue weighted by atomic mass is 16.4. The van der Waals surface area contributed by atoms with E-state index in [9.17, 15) is 0 Å². The van der Waals surface area contributed by atoms with E-state index in [4.69, 9.17) is 5.21 Å². The molecule has 0 amide bonds. The average Bonchev–Trinajstić information content (AvgIpc) is 2.03. The Hall–Kier alpha value is -0.530. The van der Waals surface area contributed by atoms with Crippen molar-refractivity contribution in [3.05, 3.63) is 0 Å². The summed E-state index contributed by atoms with van der Waals surface area (Å²) in [5.74, 6) is 0.692. The normalized spacial score (nSPS) is 29.2. The van der Waals surface area contributed by atoms with E-state index in [2.05, 4.69) is 25.9 Å². The Kier molecular flexibility index (Phi) is 2.76. The highest BCUT2D eigenvalue weighted by molar-refractivity contribution is 5.84. The second kappa shape index (κ2) is 3.46. The summed E-state index contributed by atoms with van der Waals surface area (Å²) in [6, 6.07) is 0. The highest BCUT2D eigenvalue weighted by Crippen LogP contribution is 2.36. The predicted octanol–water partition coefficient (Wildman–Crippen LogP) is 3.05. The number of hydrogen-bond acceptors (Lipinski definition) is 2. The van der Waals surface area contributed by atoms with E-state index in [1.165, 1.54) is 12.8 Å². The molecule has 70 valence electrons. The molecular formula is C10H19NO. The lowest BCUT2D eigenvalue weighted by molar-refractivity contribution is 0.215. The molecule has 1 N–H and O–H groups in total. The smallest absolute Gasteiger partial charge is 0.0573 e. The van der Waals surface area contributed by atoms with Gasteiger partial charge in [-0.05, 0) is 37.0 Å². The SMILES string of the molecule is CC(C)(C)C1CCC/C(=N\O)C1. The molecule has 1 saturated carbocycles. The molecule has 2 nitrogen and oxygen atoms in total. The maximum atomic E-state index is 8.66. The number of hydrogen-bond donors (Lipinski definition) is 1. The number of rotatable bonds is 0. The van der Waals surface area contributed by atoms with Crippen LogP contribution in [0.25, 0.3) is 0 Å². The fourth-order valence-electron chi connectivity index (χ4n) is 1.87. The van der Waals surface area contributed by atoms with Crippen molar-refractivity contribution in [3.63, 3.8) is 0 Å². The Bertz CT molecular complexity index is 179. The molecule has 0 spiro atoms. The first-order valence-electron chi connectivity index (χ1n) is 4.74. The molecule has 1 fully saturated rings. The molecule has 0 radical (unpaired) electrons. The predicted molar refractivity (Wildman–Crippen MR) is 50.6 cm³/mol. The van der Waals surface area contributed by atoms with Crippen LogP contribution in [0.15, 0.2) is 5.16 Å². The van der Waals surface area contributed by atoms with Crippen molar-refractivity contribution in [2.24, 2.45) is 16.5 Å². The zero-order valence-electron chi connectivity index (χ0n) is 8.30. The first-order chi connectivity index (χ1) is 5.54. The van der Waals surface area contributed by atoms with Crippen molar-refractivity contribution in [1.29, 1.82) is 0 Å². The van der Waals surface area contributed by atoms with Gasteiger partial charge in [-0.15, -0.1) is 0 Å². The first kappa shape index (κ1) is 9.56. The van der Waals surface area contributed by atoms with Gasteiger partial charge in [0.2, 0.25) is 0 Å². The number of nitrogens with zero attached hydrogens (tertiary/aromatic N) is 1. The van der Waals surface area contributed by atoms with Crippen molar-refractivity contribution in [2.75, 3.05) is 0 Å². The van der Waals surface area contributed by atoms with Crippen molar-refractivity contribution in [2.45, 2.75) is 46.5 Å². The zero-order chi connectivity index (χ0) is 9.19. The minimum atomic E-state index is 0.358. The van der Waals surface area contributed by atoms with Crippen molar-refractivity contribution in [1.82, 2.24) is 0 Å². The van der Waals surface area contributed by atoms with Crippen LogP contribution in [0.3, 0.4) is 0 Å². The fourth-order valence-corrected chi connectivity index (χ4v) is 1.87. The molecule has 1 unspecified atom stereocenters. The van der Waals surface area contributed by atoms with Crippen LogP contribution in [0.1, 0.15) is 46.5 Å². The molecule has 0 aliphatic heterocycles. The maximum Gasteiger partial charge on any atom is 0.0573 e. The van der Waals surface area contributed by atoms with Gasteiger partial charge in [-0.3, -0.25) is 0 Å². The van der Waals surface area contributed by atoms with Crippen LogP contribution < -0.4 is 0 Å². The second-order valence-electron chi connectivity index (χ2n) is 4.83. The van der Waals surface area contributed by atoms with E-state index in [1.54, 1.807) is 0 Å². The van der Waals surface area contributed by atoms with Crippen LogP contribution in [0.5, 0.6) is 0 Å².